The van der Waals surface area contributed by atoms with Crippen LogP contribution in [-0.2, 0) is 0 Å². The maximum absolute atomic E-state index is 6.00. The first kappa shape index (κ1) is 13.9. The van der Waals surface area contributed by atoms with E-state index in [0.717, 1.165) is 5.02 Å². The standard InChI is InChI=1S/C16H24ClN/c1-16(2,3)18-12-6-4-5-7-15(18)13-8-10-14(17)11-9-13/h8-11,15H,4-7,12H2,1-3H3. The Balaban J connectivity index is 2.28. The summed E-state index contributed by atoms with van der Waals surface area (Å²) in [6.45, 7) is 8.17. The Kier molecular flexibility index (Phi) is 4.34. The fourth-order valence-corrected chi connectivity index (χ4v) is 3.07. The zero-order valence-electron chi connectivity index (χ0n) is 11.7. The molecule has 0 saturated carbocycles. The number of hydrogen-bond acceptors (Lipinski definition) is 1. The van der Waals surface area contributed by atoms with Gasteiger partial charge in [0.15, 0.2) is 0 Å². The number of likely N-dealkylation sites (tertiary alicyclic amines) is 1. The van der Waals surface area contributed by atoms with Crippen molar-refractivity contribution >= 4 is 11.6 Å². The lowest BCUT2D eigenvalue weighted by Crippen LogP contribution is -2.43. The minimum atomic E-state index is 0.231. The minimum absolute atomic E-state index is 0.231. The molecule has 0 amide bonds. The van der Waals surface area contributed by atoms with Crippen molar-refractivity contribution in [3.63, 3.8) is 0 Å². The molecule has 1 aromatic rings. The molecule has 1 heterocycles. The summed E-state index contributed by atoms with van der Waals surface area (Å²) in [5.41, 5.74) is 1.64. The van der Waals surface area contributed by atoms with E-state index >= 15 is 0 Å². The van der Waals surface area contributed by atoms with Gasteiger partial charge in [0.1, 0.15) is 0 Å². The van der Waals surface area contributed by atoms with Crippen LogP contribution in [0.1, 0.15) is 58.1 Å². The fraction of sp³-hybridized carbons (Fsp3) is 0.625. The second-order valence-electron chi connectivity index (χ2n) is 6.28. The van der Waals surface area contributed by atoms with Crippen LogP contribution in [-0.4, -0.2) is 17.0 Å². The van der Waals surface area contributed by atoms with E-state index in [4.69, 9.17) is 11.6 Å². The normalized spacial score (nSPS) is 22.8. The third-order valence-corrected chi connectivity index (χ3v) is 4.12. The van der Waals surface area contributed by atoms with Gasteiger partial charge in [0.2, 0.25) is 0 Å². The van der Waals surface area contributed by atoms with Gasteiger partial charge < -0.3 is 0 Å². The zero-order chi connectivity index (χ0) is 13.2. The van der Waals surface area contributed by atoms with E-state index in [0.29, 0.717) is 6.04 Å². The van der Waals surface area contributed by atoms with Gasteiger partial charge in [0, 0.05) is 16.6 Å². The molecule has 0 aromatic heterocycles. The summed E-state index contributed by atoms with van der Waals surface area (Å²) >= 11 is 6.00. The first-order valence-electron chi connectivity index (χ1n) is 7.01. The predicted molar refractivity (Wildman–Crippen MR) is 79.1 cm³/mol. The van der Waals surface area contributed by atoms with Crippen molar-refractivity contribution in [2.24, 2.45) is 0 Å². The van der Waals surface area contributed by atoms with Crippen LogP contribution in [0.4, 0.5) is 0 Å². The highest BCUT2D eigenvalue weighted by atomic mass is 35.5. The number of benzene rings is 1. The van der Waals surface area contributed by atoms with Gasteiger partial charge in [-0.3, -0.25) is 4.90 Å². The maximum Gasteiger partial charge on any atom is 0.0406 e. The van der Waals surface area contributed by atoms with Crippen molar-refractivity contribution in [1.29, 1.82) is 0 Å². The molecule has 0 aliphatic carbocycles. The van der Waals surface area contributed by atoms with Crippen LogP contribution in [0.25, 0.3) is 0 Å². The lowest BCUT2D eigenvalue weighted by molar-refractivity contribution is 0.0844. The first-order valence-corrected chi connectivity index (χ1v) is 7.38. The van der Waals surface area contributed by atoms with Gasteiger partial charge >= 0.3 is 0 Å². The van der Waals surface area contributed by atoms with Crippen LogP contribution >= 0.6 is 11.6 Å². The van der Waals surface area contributed by atoms with Gasteiger partial charge in [-0.1, -0.05) is 36.6 Å². The van der Waals surface area contributed by atoms with Crippen molar-refractivity contribution in [2.45, 2.75) is 58.0 Å². The summed E-state index contributed by atoms with van der Waals surface area (Å²) in [5.74, 6) is 0. The predicted octanol–water partition coefficient (Wildman–Crippen LogP) is 5.06. The van der Waals surface area contributed by atoms with Crippen LogP contribution in [0.3, 0.4) is 0 Å². The van der Waals surface area contributed by atoms with Crippen LogP contribution in [0, 0.1) is 0 Å². The molecule has 1 atom stereocenters. The van der Waals surface area contributed by atoms with E-state index in [1.807, 2.05) is 12.1 Å². The molecule has 100 valence electrons. The average Bonchev–Trinajstić information content (AvgIpc) is 2.54. The summed E-state index contributed by atoms with van der Waals surface area (Å²) in [7, 11) is 0. The molecule has 0 spiro atoms. The topological polar surface area (TPSA) is 3.24 Å². The fourth-order valence-electron chi connectivity index (χ4n) is 2.94. The Morgan fingerprint density at radius 3 is 2.33 bits per heavy atom. The zero-order valence-corrected chi connectivity index (χ0v) is 12.5. The summed E-state index contributed by atoms with van der Waals surface area (Å²) in [6, 6.07) is 8.96. The quantitative estimate of drug-likeness (QED) is 0.686. The van der Waals surface area contributed by atoms with Gasteiger partial charge in [-0.25, -0.2) is 0 Å². The van der Waals surface area contributed by atoms with Crippen molar-refractivity contribution in [2.75, 3.05) is 6.54 Å². The third kappa shape index (κ3) is 3.27. The second-order valence-corrected chi connectivity index (χ2v) is 6.72. The van der Waals surface area contributed by atoms with Crippen molar-refractivity contribution in [3.8, 4) is 0 Å². The summed E-state index contributed by atoms with van der Waals surface area (Å²) in [6.07, 6.45) is 5.27. The summed E-state index contributed by atoms with van der Waals surface area (Å²) < 4.78 is 0. The highest BCUT2D eigenvalue weighted by molar-refractivity contribution is 6.30. The summed E-state index contributed by atoms with van der Waals surface area (Å²) in [4.78, 5) is 2.66. The van der Waals surface area contributed by atoms with Gasteiger partial charge in [-0.15, -0.1) is 0 Å². The molecule has 1 aliphatic rings. The largest absolute Gasteiger partial charge is 0.291 e. The van der Waals surface area contributed by atoms with E-state index < -0.39 is 0 Å². The maximum atomic E-state index is 6.00. The van der Waals surface area contributed by atoms with E-state index in [9.17, 15) is 0 Å². The highest BCUT2D eigenvalue weighted by Gasteiger charge is 2.30. The number of halogens is 1. The van der Waals surface area contributed by atoms with E-state index in [2.05, 4.69) is 37.8 Å². The number of rotatable bonds is 1. The molecule has 0 radical (unpaired) electrons. The molecule has 0 bridgehead atoms. The molecule has 1 aliphatic heterocycles. The molecule has 18 heavy (non-hydrogen) atoms. The van der Waals surface area contributed by atoms with E-state index in [1.54, 1.807) is 0 Å². The van der Waals surface area contributed by atoms with Crippen LogP contribution in [0.5, 0.6) is 0 Å². The van der Waals surface area contributed by atoms with Gasteiger partial charge in [0.05, 0.1) is 0 Å². The SMILES string of the molecule is CC(C)(C)N1CCCCCC1c1ccc(Cl)cc1. The Bertz CT molecular complexity index is 377. The van der Waals surface area contributed by atoms with Crippen LogP contribution in [0.2, 0.25) is 5.02 Å². The molecule has 1 saturated heterocycles. The van der Waals surface area contributed by atoms with E-state index in [1.165, 1.54) is 37.8 Å². The Labute approximate surface area is 116 Å². The van der Waals surface area contributed by atoms with Crippen LogP contribution < -0.4 is 0 Å². The van der Waals surface area contributed by atoms with Crippen molar-refractivity contribution in [3.05, 3.63) is 34.9 Å². The minimum Gasteiger partial charge on any atom is -0.291 e. The number of nitrogens with zero attached hydrogens (tertiary/aromatic N) is 1. The van der Waals surface area contributed by atoms with Gasteiger partial charge in [0.25, 0.3) is 0 Å². The highest BCUT2D eigenvalue weighted by Crippen LogP contribution is 2.35. The second kappa shape index (κ2) is 5.63. The molecule has 1 aromatic carbocycles. The average molecular weight is 266 g/mol. The van der Waals surface area contributed by atoms with Crippen molar-refractivity contribution < 1.29 is 0 Å². The molecular weight excluding hydrogens is 242 g/mol. The molecule has 1 fully saturated rings. The lowest BCUT2D eigenvalue weighted by atomic mass is 9.96. The molecule has 1 nitrogen and oxygen atoms in total. The van der Waals surface area contributed by atoms with Crippen LogP contribution in [0.15, 0.2) is 24.3 Å². The molecule has 2 rings (SSSR count). The molecule has 0 N–H and O–H groups in total. The molecular formula is C16H24ClN. The monoisotopic (exact) mass is 265 g/mol. The lowest BCUT2D eigenvalue weighted by Gasteiger charge is -2.41. The Morgan fingerprint density at radius 2 is 1.72 bits per heavy atom. The third-order valence-electron chi connectivity index (χ3n) is 3.87. The first-order chi connectivity index (χ1) is 8.48. The molecule has 1 unspecified atom stereocenters. The smallest absolute Gasteiger partial charge is 0.0406 e. The van der Waals surface area contributed by atoms with Gasteiger partial charge in [-0.2, -0.15) is 0 Å². The van der Waals surface area contributed by atoms with E-state index in [-0.39, 0.29) is 5.54 Å². The molecule has 2 heteroatoms. The van der Waals surface area contributed by atoms with Gasteiger partial charge in [-0.05, 0) is 57.9 Å². The summed E-state index contributed by atoms with van der Waals surface area (Å²) in [5, 5.41) is 0.828. The Morgan fingerprint density at radius 1 is 1.06 bits per heavy atom. The van der Waals surface area contributed by atoms with Crippen molar-refractivity contribution in [1.82, 2.24) is 4.90 Å². The number of hydrogen-bond donors (Lipinski definition) is 0. The Hall–Kier alpha value is -0.530.